The Hall–Kier alpha value is -3.92. The summed E-state index contributed by atoms with van der Waals surface area (Å²) in [5.41, 5.74) is 3.10. The summed E-state index contributed by atoms with van der Waals surface area (Å²) in [5, 5.41) is 7.72. The topological polar surface area (TPSA) is 89.3 Å². The molecule has 0 spiro atoms. The van der Waals surface area contributed by atoms with Crippen LogP contribution in [0.3, 0.4) is 0 Å². The van der Waals surface area contributed by atoms with Crippen LogP contribution in [0.25, 0.3) is 22.2 Å². The second-order valence-electron chi connectivity index (χ2n) is 8.41. The zero-order valence-corrected chi connectivity index (χ0v) is 21.7. The zero-order valence-electron chi connectivity index (χ0n) is 20.1. The van der Waals surface area contributed by atoms with Gasteiger partial charge in [-0.1, -0.05) is 23.7 Å². The van der Waals surface area contributed by atoms with Crippen LogP contribution in [0.1, 0.15) is 11.3 Å². The molecule has 0 aliphatic heterocycles. The minimum Gasteiger partial charge on any atom is -0.487 e. The lowest BCUT2D eigenvalue weighted by Crippen LogP contribution is -2.16. The van der Waals surface area contributed by atoms with E-state index >= 15 is 0 Å². The van der Waals surface area contributed by atoms with E-state index < -0.39 is 0 Å². The van der Waals surface area contributed by atoms with Crippen molar-refractivity contribution in [2.45, 2.75) is 13.2 Å². The van der Waals surface area contributed by atoms with Gasteiger partial charge in [-0.15, -0.1) is 0 Å². The van der Waals surface area contributed by atoms with E-state index in [1.54, 1.807) is 24.3 Å². The van der Waals surface area contributed by atoms with E-state index in [4.69, 9.17) is 20.8 Å². The Labute approximate surface area is 227 Å². The molecule has 0 aliphatic rings. The fraction of sp³-hybridized carbons (Fsp3) is 0.143. The number of anilines is 2. The molecule has 38 heavy (non-hydrogen) atoms. The Morgan fingerprint density at radius 1 is 1.03 bits per heavy atom. The summed E-state index contributed by atoms with van der Waals surface area (Å²) in [6, 6.07) is 21.3. The first-order valence-corrected chi connectivity index (χ1v) is 13.1. The van der Waals surface area contributed by atoms with Gasteiger partial charge in [-0.2, -0.15) is 0 Å². The van der Waals surface area contributed by atoms with E-state index in [-0.39, 0.29) is 12.4 Å². The van der Waals surface area contributed by atoms with E-state index in [2.05, 4.69) is 20.6 Å². The molecule has 0 saturated heterocycles. The molecule has 2 aromatic heterocycles. The van der Waals surface area contributed by atoms with Crippen molar-refractivity contribution < 1.29 is 17.8 Å². The molecule has 0 atom stereocenters. The van der Waals surface area contributed by atoms with E-state index in [1.807, 2.05) is 36.4 Å². The fourth-order valence-electron chi connectivity index (χ4n) is 3.88. The van der Waals surface area contributed by atoms with Gasteiger partial charge in [0, 0.05) is 20.8 Å². The minimum absolute atomic E-state index is 0.202. The molecular weight excluding hydrogens is 527 g/mol. The molecule has 3 aromatic carbocycles. The largest absolute Gasteiger partial charge is 0.487 e. The smallest absolute Gasteiger partial charge is 0.460 e. The van der Waals surface area contributed by atoms with E-state index in [9.17, 15) is 8.60 Å². The summed E-state index contributed by atoms with van der Waals surface area (Å²) in [7, 11) is 0. The molecule has 7 nitrogen and oxygen atoms in total. The number of hydrogen-bond acceptors (Lipinski definition) is 7. The van der Waals surface area contributed by atoms with Gasteiger partial charge in [0.05, 0.1) is 23.6 Å². The van der Waals surface area contributed by atoms with Crippen LogP contribution in [-0.4, -0.2) is 22.3 Å². The lowest BCUT2D eigenvalue weighted by atomic mass is 10.1. The predicted octanol–water partition coefficient (Wildman–Crippen LogP) is 6.52. The minimum atomic E-state index is -0.312. The average molecular weight is 550 g/mol. The molecule has 192 valence electrons. The van der Waals surface area contributed by atoms with Crippen molar-refractivity contribution in [3.63, 3.8) is 0 Å². The van der Waals surface area contributed by atoms with Gasteiger partial charge in [-0.3, -0.25) is 0 Å². The molecule has 10 heteroatoms. The van der Waals surface area contributed by atoms with Gasteiger partial charge in [0.25, 0.3) is 0 Å². The van der Waals surface area contributed by atoms with Crippen LogP contribution < -0.4 is 15.4 Å². The number of nitrogens with zero attached hydrogens (tertiary/aromatic N) is 2. The summed E-state index contributed by atoms with van der Waals surface area (Å²) in [6.07, 6.45) is 1.50. The highest BCUT2D eigenvalue weighted by Gasteiger charge is 2.11. The van der Waals surface area contributed by atoms with Crippen LogP contribution in [0.15, 0.2) is 83.5 Å². The number of halogens is 2. The Kier molecular flexibility index (Phi) is 8.18. The Bertz CT molecular complexity index is 1580. The van der Waals surface area contributed by atoms with Crippen molar-refractivity contribution in [3.05, 3.63) is 101 Å². The number of rotatable bonds is 11. The highest BCUT2D eigenvalue weighted by molar-refractivity contribution is 7.65. The Morgan fingerprint density at radius 2 is 1.95 bits per heavy atom. The number of benzene rings is 3. The summed E-state index contributed by atoms with van der Waals surface area (Å²) >= 11 is 7.03. The summed E-state index contributed by atoms with van der Waals surface area (Å²) in [6.45, 7) is 1.37. The second kappa shape index (κ2) is 12.1. The maximum atomic E-state index is 13.4. The van der Waals surface area contributed by atoms with E-state index in [0.717, 1.165) is 33.7 Å². The number of fused-ring (bicyclic) bond motifs is 1. The number of furan rings is 1. The van der Waals surface area contributed by atoms with Gasteiger partial charge < -0.3 is 19.8 Å². The number of aromatic nitrogens is 2. The molecule has 0 fully saturated rings. The van der Waals surface area contributed by atoms with Gasteiger partial charge in [0.1, 0.15) is 41.8 Å². The van der Waals surface area contributed by atoms with Crippen LogP contribution in [-0.2, 0) is 29.0 Å². The molecule has 5 rings (SSSR count). The van der Waals surface area contributed by atoms with Crippen molar-refractivity contribution in [2.75, 3.05) is 17.6 Å². The third-order valence-electron chi connectivity index (χ3n) is 5.72. The lowest BCUT2D eigenvalue weighted by molar-refractivity contribution is 0.306. The molecule has 2 heterocycles. The Balaban J connectivity index is 1.32. The van der Waals surface area contributed by atoms with Crippen LogP contribution in [0, 0.1) is 5.82 Å². The van der Waals surface area contributed by atoms with Gasteiger partial charge in [0.15, 0.2) is 0 Å². The van der Waals surface area contributed by atoms with Crippen molar-refractivity contribution in [1.82, 2.24) is 15.3 Å². The first kappa shape index (κ1) is 25.7. The second-order valence-corrected chi connectivity index (χ2v) is 9.46. The highest BCUT2D eigenvalue weighted by Crippen LogP contribution is 2.32. The lowest BCUT2D eigenvalue weighted by Gasteiger charge is -2.12. The SMILES string of the molecule is O=[S+]CCNCc1ccc(-c2ccc3ncnc(Nc4ccc(OCc5cccc(F)c5)c(Cl)c4)c3c2)o1. The van der Waals surface area contributed by atoms with Gasteiger partial charge in [-0.05, 0) is 66.2 Å². The standard InChI is InChI=1S/C28H23ClFN4O3S/c29-24-14-21(5-8-27(24)36-16-18-2-1-3-20(30)12-18)34-28-23-13-19(4-7-25(23)32-17-33-28)26-9-6-22(37-26)15-31-10-11-38-35/h1-9,12-14,17,31H,10-11,15-16H2,(H,32,33,34)/q+1. The molecule has 0 bridgehead atoms. The van der Waals surface area contributed by atoms with E-state index in [0.29, 0.717) is 52.7 Å². The van der Waals surface area contributed by atoms with E-state index in [1.165, 1.54) is 18.5 Å². The first-order valence-electron chi connectivity index (χ1n) is 11.8. The van der Waals surface area contributed by atoms with Crippen LogP contribution in [0.2, 0.25) is 5.02 Å². The third kappa shape index (κ3) is 6.31. The molecule has 2 N–H and O–H groups in total. The summed E-state index contributed by atoms with van der Waals surface area (Å²) < 4.78 is 35.7. The molecule has 5 aromatic rings. The monoisotopic (exact) mass is 549 g/mol. The summed E-state index contributed by atoms with van der Waals surface area (Å²) in [4.78, 5) is 8.82. The molecule has 0 saturated carbocycles. The third-order valence-corrected chi connectivity index (χ3v) is 6.39. The van der Waals surface area contributed by atoms with Crippen LogP contribution in [0.4, 0.5) is 15.9 Å². The fourth-order valence-corrected chi connectivity index (χ4v) is 4.35. The summed E-state index contributed by atoms with van der Waals surface area (Å²) in [5.74, 6) is 2.81. The van der Waals surface area contributed by atoms with Crippen molar-refractivity contribution in [3.8, 4) is 17.1 Å². The average Bonchev–Trinajstić information content (AvgIpc) is 3.40. The highest BCUT2D eigenvalue weighted by atomic mass is 35.5. The molecular formula is C28H23ClFN4O3S+. The predicted molar refractivity (Wildman–Crippen MR) is 147 cm³/mol. The normalized spacial score (nSPS) is 11.0. The Morgan fingerprint density at radius 3 is 2.79 bits per heavy atom. The number of nitrogens with one attached hydrogen (secondary N) is 2. The quantitative estimate of drug-likeness (QED) is 0.143. The maximum Gasteiger partial charge on any atom is 0.460 e. The maximum absolute atomic E-state index is 13.4. The van der Waals surface area contributed by atoms with Crippen molar-refractivity contribution in [1.29, 1.82) is 0 Å². The van der Waals surface area contributed by atoms with Crippen LogP contribution >= 0.6 is 11.6 Å². The van der Waals surface area contributed by atoms with Gasteiger partial charge in [0.2, 0.25) is 5.75 Å². The van der Waals surface area contributed by atoms with Gasteiger partial charge >= 0.3 is 11.7 Å². The molecule has 0 amide bonds. The molecule has 0 radical (unpaired) electrons. The molecule has 0 aliphatic carbocycles. The molecule has 0 unspecified atom stereocenters. The first-order chi connectivity index (χ1) is 18.6. The number of hydrogen-bond donors (Lipinski definition) is 2. The van der Waals surface area contributed by atoms with Crippen molar-refractivity contribution >= 4 is 45.7 Å². The number of ether oxygens (including phenoxy) is 1. The zero-order chi connectivity index (χ0) is 26.3. The van der Waals surface area contributed by atoms with Crippen LogP contribution in [0.5, 0.6) is 5.75 Å². The van der Waals surface area contributed by atoms with Crippen molar-refractivity contribution in [2.24, 2.45) is 0 Å². The van der Waals surface area contributed by atoms with Gasteiger partial charge in [-0.25, -0.2) is 14.4 Å².